The summed E-state index contributed by atoms with van der Waals surface area (Å²) in [5.41, 5.74) is 9.98. The topological polar surface area (TPSA) is 59.1 Å². The zero-order valence-electron chi connectivity index (χ0n) is 11.2. The average Bonchev–Trinajstić information content (AvgIpc) is 2.47. The number of hydrogen-bond acceptors (Lipinski definition) is 3. The zero-order valence-corrected chi connectivity index (χ0v) is 11.2. The fourth-order valence-corrected chi connectivity index (χ4v) is 2.29. The molecule has 3 aromatic rings. The largest absolute Gasteiger partial charge is 0.399 e. The lowest BCUT2D eigenvalue weighted by Crippen LogP contribution is -2.00. The monoisotopic (exact) mass is 264 g/mol. The number of aromatic nitrogens is 1. The minimum atomic E-state index is -0.652. The van der Waals surface area contributed by atoms with E-state index in [0.29, 0.717) is 5.69 Å². The number of nitrogen functional groups attached to an aromatic ring is 1. The number of pyridine rings is 1. The average molecular weight is 264 g/mol. The third kappa shape index (κ3) is 2.36. The van der Waals surface area contributed by atoms with E-state index in [1.165, 1.54) is 0 Å². The predicted octanol–water partition coefficient (Wildman–Crippen LogP) is 3.21. The molecule has 0 aliphatic carbocycles. The molecule has 1 atom stereocenters. The number of aryl methyl sites for hydroxylation is 1. The van der Waals surface area contributed by atoms with Crippen LogP contribution in [0.1, 0.15) is 22.9 Å². The molecule has 1 unspecified atom stereocenters. The van der Waals surface area contributed by atoms with Gasteiger partial charge in [-0.1, -0.05) is 24.3 Å². The zero-order chi connectivity index (χ0) is 14.1. The number of nitrogens with zero attached hydrogens (tertiary/aromatic N) is 1. The van der Waals surface area contributed by atoms with Gasteiger partial charge in [-0.25, -0.2) is 0 Å². The van der Waals surface area contributed by atoms with Gasteiger partial charge in [0.15, 0.2) is 0 Å². The highest BCUT2D eigenvalue weighted by molar-refractivity contribution is 5.79. The molecule has 100 valence electrons. The number of hydrogen-bond donors (Lipinski definition) is 2. The molecule has 3 heteroatoms. The van der Waals surface area contributed by atoms with E-state index < -0.39 is 6.10 Å². The van der Waals surface area contributed by atoms with Gasteiger partial charge in [-0.05, 0) is 48.4 Å². The molecule has 1 heterocycles. The van der Waals surface area contributed by atoms with Gasteiger partial charge in [-0.2, -0.15) is 0 Å². The second kappa shape index (κ2) is 4.94. The maximum atomic E-state index is 10.4. The Morgan fingerprint density at radius 3 is 2.40 bits per heavy atom. The van der Waals surface area contributed by atoms with Gasteiger partial charge >= 0.3 is 0 Å². The molecule has 20 heavy (non-hydrogen) atoms. The summed E-state index contributed by atoms with van der Waals surface area (Å²) in [7, 11) is 0. The van der Waals surface area contributed by atoms with Gasteiger partial charge in [-0.3, -0.25) is 4.98 Å². The van der Waals surface area contributed by atoms with E-state index in [4.69, 9.17) is 5.73 Å². The molecular weight excluding hydrogens is 248 g/mol. The van der Waals surface area contributed by atoms with Crippen molar-refractivity contribution in [3.05, 3.63) is 71.4 Å². The molecule has 1 aromatic heterocycles. The molecule has 0 fully saturated rings. The molecule has 3 N–H and O–H groups in total. The summed E-state index contributed by atoms with van der Waals surface area (Å²) in [6.45, 7) is 1.97. The normalized spacial score (nSPS) is 12.5. The van der Waals surface area contributed by atoms with E-state index >= 15 is 0 Å². The van der Waals surface area contributed by atoms with Crippen molar-refractivity contribution in [3.63, 3.8) is 0 Å². The van der Waals surface area contributed by atoms with Crippen molar-refractivity contribution < 1.29 is 5.11 Å². The van der Waals surface area contributed by atoms with Gasteiger partial charge < -0.3 is 10.8 Å². The number of nitrogens with two attached hydrogens (primary N) is 1. The van der Waals surface area contributed by atoms with E-state index in [-0.39, 0.29) is 0 Å². The molecule has 0 saturated heterocycles. The van der Waals surface area contributed by atoms with E-state index in [0.717, 1.165) is 27.7 Å². The van der Waals surface area contributed by atoms with Gasteiger partial charge in [0.25, 0.3) is 0 Å². The summed E-state index contributed by atoms with van der Waals surface area (Å²) in [6.07, 6.45) is -0.652. The van der Waals surface area contributed by atoms with E-state index in [2.05, 4.69) is 4.98 Å². The van der Waals surface area contributed by atoms with E-state index in [1.807, 2.05) is 49.4 Å². The highest BCUT2D eigenvalue weighted by atomic mass is 16.3. The maximum Gasteiger partial charge on any atom is 0.104 e. The van der Waals surface area contributed by atoms with Gasteiger partial charge in [0.05, 0.1) is 5.52 Å². The van der Waals surface area contributed by atoms with Crippen LogP contribution < -0.4 is 5.73 Å². The van der Waals surface area contributed by atoms with Crippen molar-refractivity contribution in [2.24, 2.45) is 0 Å². The summed E-state index contributed by atoms with van der Waals surface area (Å²) in [5.74, 6) is 0. The summed E-state index contributed by atoms with van der Waals surface area (Å²) in [5, 5.41) is 11.5. The Morgan fingerprint density at radius 2 is 1.65 bits per heavy atom. The Morgan fingerprint density at radius 1 is 0.950 bits per heavy atom. The fraction of sp³-hybridized carbons (Fsp3) is 0.118. The van der Waals surface area contributed by atoms with E-state index in [1.54, 1.807) is 12.1 Å². The summed E-state index contributed by atoms with van der Waals surface area (Å²) < 4.78 is 0. The molecule has 0 bridgehead atoms. The van der Waals surface area contributed by atoms with Crippen molar-refractivity contribution >= 4 is 16.6 Å². The molecule has 0 aliphatic rings. The lowest BCUT2D eigenvalue weighted by atomic mass is 9.99. The summed E-state index contributed by atoms with van der Waals surface area (Å²) in [4.78, 5) is 4.46. The van der Waals surface area contributed by atoms with Crippen LogP contribution in [0.5, 0.6) is 0 Å². The summed E-state index contributed by atoms with van der Waals surface area (Å²) in [6, 6.07) is 17.1. The fourth-order valence-electron chi connectivity index (χ4n) is 2.29. The van der Waals surface area contributed by atoms with Crippen LogP contribution in [0.15, 0.2) is 54.6 Å². The number of fused-ring (bicyclic) bond motifs is 1. The predicted molar refractivity (Wildman–Crippen MR) is 81.4 cm³/mol. The van der Waals surface area contributed by atoms with Crippen LogP contribution >= 0.6 is 0 Å². The van der Waals surface area contributed by atoms with Gasteiger partial charge in [0.1, 0.15) is 6.10 Å². The third-order valence-corrected chi connectivity index (χ3v) is 3.42. The van der Waals surface area contributed by atoms with Crippen molar-refractivity contribution in [1.29, 1.82) is 0 Å². The lowest BCUT2D eigenvalue weighted by molar-refractivity contribution is 0.220. The standard InChI is InChI=1S/C17H16N2O/c1-11-2-3-13-10-14(6-9-16(13)19-11)17(20)12-4-7-15(18)8-5-12/h2-10,17,20H,18H2,1H3. The molecule has 0 amide bonds. The Hall–Kier alpha value is -2.39. The van der Waals surface area contributed by atoms with Crippen LogP contribution in [0, 0.1) is 6.92 Å². The van der Waals surface area contributed by atoms with Crippen LogP contribution in [0.3, 0.4) is 0 Å². The highest BCUT2D eigenvalue weighted by Crippen LogP contribution is 2.25. The van der Waals surface area contributed by atoms with Crippen molar-refractivity contribution in [2.45, 2.75) is 13.0 Å². The third-order valence-electron chi connectivity index (χ3n) is 3.42. The van der Waals surface area contributed by atoms with E-state index in [9.17, 15) is 5.11 Å². The maximum absolute atomic E-state index is 10.4. The van der Waals surface area contributed by atoms with Crippen LogP contribution in [-0.2, 0) is 0 Å². The van der Waals surface area contributed by atoms with Crippen LogP contribution in [0.25, 0.3) is 10.9 Å². The smallest absolute Gasteiger partial charge is 0.104 e. The highest BCUT2D eigenvalue weighted by Gasteiger charge is 2.11. The van der Waals surface area contributed by atoms with Crippen LogP contribution in [-0.4, -0.2) is 10.1 Å². The first-order valence-electron chi connectivity index (χ1n) is 6.54. The number of anilines is 1. The Bertz CT molecular complexity index is 751. The first-order chi connectivity index (χ1) is 9.63. The quantitative estimate of drug-likeness (QED) is 0.699. The number of aliphatic hydroxyl groups is 1. The molecule has 3 rings (SSSR count). The molecule has 0 spiro atoms. The minimum Gasteiger partial charge on any atom is -0.399 e. The molecular formula is C17H16N2O. The molecule has 0 aliphatic heterocycles. The number of benzene rings is 2. The second-order valence-electron chi connectivity index (χ2n) is 4.97. The van der Waals surface area contributed by atoms with Crippen molar-refractivity contribution in [3.8, 4) is 0 Å². The second-order valence-corrected chi connectivity index (χ2v) is 4.97. The number of rotatable bonds is 2. The van der Waals surface area contributed by atoms with Gasteiger partial charge in [-0.15, -0.1) is 0 Å². The lowest BCUT2D eigenvalue weighted by Gasteiger charge is -2.12. The van der Waals surface area contributed by atoms with Gasteiger partial charge in [0.2, 0.25) is 0 Å². The first-order valence-corrected chi connectivity index (χ1v) is 6.54. The Labute approximate surface area is 117 Å². The molecule has 0 saturated carbocycles. The van der Waals surface area contributed by atoms with Gasteiger partial charge in [0, 0.05) is 16.8 Å². The SMILES string of the molecule is Cc1ccc2cc(C(O)c3ccc(N)cc3)ccc2n1. The molecule has 0 radical (unpaired) electrons. The van der Waals surface area contributed by atoms with Crippen LogP contribution in [0.4, 0.5) is 5.69 Å². The minimum absolute atomic E-state index is 0.652. The number of aliphatic hydroxyl groups excluding tert-OH is 1. The molecule has 3 nitrogen and oxygen atoms in total. The Kier molecular flexibility index (Phi) is 3.12. The Balaban J connectivity index is 2.01. The first kappa shape index (κ1) is 12.6. The summed E-state index contributed by atoms with van der Waals surface area (Å²) >= 11 is 0. The van der Waals surface area contributed by atoms with Crippen molar-refractivity contribution in [2.75, 3.05) is 5.73 Å². The molecule has 2 aromatic carbocycles. The van der Waals surface area contributed by atoms with Crippen molar-refractivity contribution in [1.82, 2.24) is 4.98 Å². The van der Waals surface area contributed by atoms with Crippen LogP contribution in [0.2, 0.25) is 0 Å².